The van der Waals surface area contributed by atoms with Crippen molar-refractivity contribution in [2.24, 2.45) is 11.7 Å². The van der Waals surface area contributed by atoms with Crippen LogP contribution in [0.15, 0.2) is 12.1 Å². The molecule has 21 heavy (non-hydrogen) atoms. The molecule has 3 rings (SSSR count). The van der Waals surface area contributed by atoms with Crippen molar-refractivity contribution >= 4 is 17.4 Å². The molecular weight excluding hydrogens is 272 g/mol. The topological polar surface area (TPSA) is 104 Å². The second-order valence-electron chi connectivity index (χ2n) is 5.50. The van der Waals surface area contributed by atoms with Gasteiger partial charge in [-0.25, -0.2) is 0 Å². The van der Waals surface area contributed by atoms with Crippen molar-refractivity contribution in [3.8, 4) is 5.88 Å². The van der Waals surface area contributed by atoms with Gasteiger partial charge in [-0.3, -0.25) is 4.79 Å². The highest BCUT2D eigenvalue weighted by Crippen LogP contribution is 2.31. The van der Waals surface area contributed by atoms with Crippen molar-refractivity contribution < 1.29 is 14.3 Å². The number of hydrogen-bond donors (Lipinski definition) is 2. The van der Waals surface area contributed by atoms with Gasteiger partial charge in [0.25, 0.3) is 0 Å². The molecule has 1 atom stereocenters. The van der Waals surface area contributed by atoms with Crippen LogP contribution in [0.4, 0.5) is 11.5 Å². The van der Waals surface area contributed by atoms with E-state index in [9.17, 15) is 4.79 Å². The molecule has 1 aromatic rings. The summed E-state index contributed by atoms with van der Waals surface area (Å²) < 4.78 is 11.0. The van der Waals surface area contributed by atoms with Crippen LogP contribution in [0.2, 0.25) is 0 Å². The quantitative estimate of drug-likeness (QED) is 0.800. The maximum Gasteiger partial charge on any atom is 0.242 e. The number of anilines is 2. The molecule has 7 nitrogen and oxygen atoms in total. The Morgan fingerprint density at radius 2 is 2.29 bits per heavy atom. The third-order valence-corrected chi connectivity index (χ3v) is 3.78. The first-order valence-electron chi connectivity index (χ1n) is 7.18. The predicted octanol–water partition coefficient (Wildman–Crippen LogP) is 0.143. The number of rotatable bonds is 5. The van der Waals surface area contributed by atoms with Crippen molar-refractivity contribution in [3.63, 3.8) is 0 Å². The summed E-state index contributed by atoms with van der Waals surface area (Å²) in [6.45, 7) is 2.02. The van der Waals surface area contributed by atoms with Gasteiger partial charge in [-0.15, -0.1) is 0 Å². The molecule has 2 heterocycles. The summed E-state index contributed by atoms with van der Waals surface area (Å²) in [7, 11) is 0. The Morgan fingerprint density at radius 1 is 1.48 bits per heavy atom. The van der Waals surface area contributed by atoms with Crippen molar-refractivity contribution in [2.45, 2.75) is 18.9 Å². The third-order valence-electron chi connectivity index (χ3n) is 3.78. The van der Waals surface area contributed by atoms with Gasteiger partial charge in [0.05, 0.1) is 25.5 Å². The van der Waals surface area contributed by atoms with E-state index in [-0.39, 0.29) is 6.61 Å². The van der Waals surface area contributed by atoms with E-state index in [0.29, 0.717) is 43.1 Å². The zero-order chi connectivity index (χ0) is 14.8. The molecule has 2 fully saturated rings. The van der Waals surface area contributed by atoms with Crippen LogP contribution in [-0.4, -0.2) is 43.3 Å². The summed E-state index contributed by atoms with van der Waals surface area (Å²) in [4.78, 5) is 17.8. The minimum absolute atomic E-state index is 0.277. The van der Waals surface area contributed by atoms with Gasteiger partial charge in [0.1, 0.15) is 11.9 Å². The zero-order valence-electron chi connectivity index (χ0n) is 11.8. The van der Waals surface area contributed by atoms with Crippen molar-refractivity contribution in [3.05, 3.63) is 12.1 Å². The summed E-state index contributed by atoms with van der Waals surface area (Å²) in [5.41, 5.74) is 11.8. The largest absolute Gasteiger partial charge is 0.476 e. The Labute approximate surface area is 123 Å². The van der Waals surface area contributed by atoms with E-state index >= 15 is 0 Å². The highest BCUT2D eigenvalue weighted by molar-refractivity contribution is 5.83. The van der Waals surface area contributed by atoms with Crippen LogP contribution in [0.3, 0.4) is 0 Å². The van der Waals surface area contributed by atoms with Gasteiger partial charge in [-0.1, -0.05) is 0 Å². The highest BCUT2D eigenvalue weighted by Gasteiger charge is 2.29. The second kappa shape index (κ2) is 5.77. The standard InChI is InChI=1S/C14H20N4O3/c15-10-3-4-12(17-14(10)21-7-9-1-2-9)18-5-6-20-8-11(18)13(16)19/h3-4,9,11H,1-2,5-8,15H2,(H2,16,19). The molecule has 1 unspecified atom stereocenters. The van der Waals surface area contributed by atoms with Crippen molar-refractivity contribution in [1.29, 1.82) is 0 Å². The van der Waals surface area contributed by atoms with E-state index in [1.165, 1.54) is 12.8 Å². The normalized spacial score (nSPS) is 22.1. The average Bonchev–Trinajstić information content (AvgIpc) is 3.30. The van der Waals surface area contributed by atoms with Gasteiger partial charge in [-0.05, 0) is 30.9 Å². The minimum Gasteiger partial charge on any atom is -0.476 e. The van der Waals surface area contributed by atoms with Crippen LogP contribution >= 0.6 is 0 Å². The number of nitrogen functional groups attached to an aromatic ring is 1. The molecule has 7 heteroatoms. The number of hydrogen-bond acceptors (Lipinski definition) is 6. The summed E-state index contributed by atoms with van der Waals surface area (Å²) in [6, 6.07) is 3.02. The number of primary amides is 1. The molecule has 1 aromatic heterocycles. The fourth-order valence-electron chi connectivity index (χ4n) is 2.31. The van der Waals surface area contributed by atoms with Crippen LogP contribution in [0, 0.1) is 5.92 Å². The Morgan fingerprint density at radius 3 is 3.00 bits per heavy atom. The van der Waals surface area contributed by atoms with E-state index < -0.39 is 11.9 Å². The van der Waals surface area contributed by atoms with Crippen LogP contribution in [0.25, 0.3) is 0 Å². The van der Waals surface area contributed by atoms with E-state index in [1.54, 1.807) is 12.1 Å². The van der Waals surface area contributed by atoms with Gasteiger partial charge < -0.3 is 25.8 Å². The molecular formula is C14H20N4O3. The SMILES string of the molecule is NC(=O)C1COCCN1c1ccc(N)c(OCC2CC2)n1. The number of aromatic nitrogens is 1. The first kappa shape index (κ1) is 13.9. The Bertz CT molecular complexity index is 533. The van der Waals surface area contributed by atoms with E-state index in [2.05, 4.69) is 4.98 Å². The molecule has 1 aliphatic heterocycles. The lowest BCUT2D eigenvalue weighted by atomic mass is 10.2. The molecule has 2 aliphatic rings. The molecule has 4 N–H and O–H groups in total. The maximum atomic E-state index is 11.5. The highest BCUT2D eigenvalue weighted by atomic mass is 16.5. The molecule has 1 aliphatic carbocycles. The smallest absolute Gasteiger partial charge is 0.242 e. The number of nitrogens with two attached hydrogens (primary N) is 2. The second-order valence-corrected chi connectivity index (χ2v) is 5.50. The van der Waals surface area contributed by atoms with E-state index in [4.69, 9.17) is 20.9 Å². The van der Waals surface area contributed by atoms with Gasteiger partial charge in [0.15, 0.2) is 0 Å². The van der Waals surface area contributed by atoms with Gasteiger partial charge in [0.2, 0.25) is 11.8 Å². The average molecular weight is 292 g/mol. The van der Waals surface area contributed by atoms with Crippen LogP contribution < -0.4 is 21.1 Å². The van der Waals surface area contributed by atoms with Crippen LogP contribution in [0.1, 0.15) is 12.8 Å². The molecule has 1 saturated heterocycles. The van der Waals surface area contributed by atoms with Crippen molar-refractivity contribution in [2.75, 3.05) is 37.0 Å². The number of nitrogens with zero attached hydrogens (tertiary/aromatic N) is 2. The zero-order valence-corrected chi connectivity index (χ0v) is 11.8. The van der Waals surface area contributed by atoms with E-state index in [1.807, 2.05) is 4.90 Å². The lowest BCUT2D eigenvalue weighted by Gasteiger charge is -2.34. The van der Waals surface area contributed by atoms with Crippen LogP contribution in [-0.2, 0) is 9.53 Å². The van der Waals surface area contributed by atoms with Gasteiger partial charge >= 0.3 is 0 Å². The molecule has 0 spiro atoms. The molecule has 1 saturated carbocycles. The predicted molar refractivity (Wildman–Crippen MR) is 78.0 cm³/mol. The lowest BCUT2D eigenvalue weighted by molar-refractivity contribution is -0.121. The van der Waals surface area contributed by atoms with Gasteiger partial charge in [-0.2, -0.15) is 4.98 Å². The molecule has 1 amide bonds. The number of pyridine rings is 1. The van der Waals surface area contributed by atoms with Crippen LogP contribution in [0.5, 0.6) is 5.88 Å². The third kappa shape index (κ3) is 3.18. The van der Waals surface area contributed by atoms with Crippen molar-refractivity contribution in [1.82, 2.24) is 4.98 Å². The summed E-state index contributed by atoms with van der Waals surface area (Å²) in [6.07, 6.45) is 2.40. The fraction of sp³-hybridized carbons (Fsp3) is 0.571. The summed E-state index contributed by atoms with van der Waals surface area (Å²) in [5, 5.41) is 0. The molecule has 0 radical (unpaired) electrons. The number of carbonyl (C=O) groups is 1. The Kier molecular flexibility index (Phi) is 3.83. The van der Waals surface area contributed by atoms with Gasteiger partial charge in [0, 0.05) is 6.54 Å². The first-order valence-corrected chi connectivity index (χ1v) is 7.18. The monoisotopic (exact) mass is 292 g/mol. The minimum atomic E-state index is -0.508. The lowest BCUT2D eigenvalue weighted by Crippen LogP contribution is -2.53. The first-order chi connectivity index (χ1) is 10.1. The number of ether oxygens (including phenoxy) is 2. The summed E-state index contributed by atoms with van der Waals surface area (Å²) in [5.74, 6) is 1.27. The number of carbonyl (C=O) groups excluding carboxylic acids is 1. The Balaban J connectivity index is 1.79. The Hall–Kier alpha value is -2.02. The molecule has 0 aromatic carbocycles. The molecule has 114 valence electrons. The number of amides is 1. The molecule has 0 bridgehead atoms. The summed E-state index contributed by atoms with van der Waals surface area (Å²) >= 11 is 0. The maximum absolute atomic E-state index is 11.5. The fourth-order valence-corrected chi connectivity index (χ4v) is 2.31. The number of morpholine rings is 1. The van der Waals surface area contributed by atoms with E-state index in [0.717, 1.165) is 0 Å².